The molecule has 1 saturated heterocycles. The minimum absolute atomic E-state index is 0.0212. The van der Waals surface area contributed by atoms with Crippen LogP contribution in [0.4, 0.5) is 0 Å². The maximum Gasteiger partial charge on any atom is 0.251 e. The Bertz CT molecular complexity index is 577. The Balaban J connectivity index is 1.78. The molecule has 5 heteroatoms. The number of amides is 1. The summed E-state index contributed by atoms with van der Waals surface area (Å²) >= 11 is 0. The van der Waals surface area contributed by atoms with Gasteiger partial charge >= 0.3 is 0 Å². The first-order valence-corrected chi connectivity index (χ1v) is 6.19. The molecule has 1 amide bonds. The molecule has 1 aromatic carbocycles. The van der Waals surface area contributed by atoms with Gasteiger partial charge in [0.1, 0.15) is 0 Å². The molecule has 1 aliphatic rings. The topological polar surface area (TPSA) is 69.8 Å². The van der Waals surface area contributed by atoms with E-state index in [1.54, 1.807) is 6.20 Å². The smallest absolute Gasteiger partial charge is 0.251 e. The van der Waals surface area contributed by atoms with E-state index < -0.39 is 0 Å². The van der Waals surface area contributed by atoms with Crippen LogP contribution in [-0.2, 0) is 0 Å². The molecule has 3 rings (SSSR count). The van der Waals surface area contributed by atoms with Crippen molar-refractivity contribution in [3.63, 3.8) is 0 Å². The summed E-state index contributed by atoms with van der Waals surface area (Å²) in [6, 6.07) is 5.80. The third kappa shape index (κ3) is 1.97. The third-order valence-electron chi connectivity index (χ3n) is 3.54. The number of carbonyl (C=O) groups excluding carboxylic acids is 1. The predicted octanol–water partition coefficient (Wildman–Crippen LogP) is 0.901. The number of aromatic nitrogens is 2. The summed E-state index contributed by atoms with van der Waals surface area (Å²) in [5, 5.41) is 14.2. The molecule has 0 bridgehead atoms. The Morgan fingerprint density at radius 2 is 2.33 bits per heavy atom. The molecule has 3 N–H and O–H groups in total. The molecule has 1 fully saturated rings. The summed E-state index contributed by atoms with van der Waals surface area (Å²) in [4.78, 5) is 12.1. The van der Waals surface area contributed by atoms with Crippen molar-refractivity contribution < 1.29 is 4.79 Å². The molecule has 0 saturated carbocycles. The van der Waals surface area contributed by atoms with Crippen LogP contribution in [0, 0.1) is 5.92 Å². The first-order chi connectivity index (χ1) is 8.74. The van der Waals surface area contributed by atoms with E-state index in [1.165, 1.54) is 0 Å². The molecule has 2 aromatic rings. The Morgan fingerprint density at radius 3 is 3.11 bits per heavy atom. The van der Waals surface area contributed by atoms with Crippen LogP contribution in [-0.4, -0.2) is 35.2 Å². The van der Waals surface area contributed by atoms with Gasteiger partial charge in [0.05, 0.1) is 11.7 Å². The summed E-state index contributed by atoms with van der Waals surface area (Å²) in [7, 11) is 0. The zero-order valence-corrected chi connectivity index (χ0v) is 10.2. The number of H-pyrrole nitrogens is 1. The van der Waals surface area contributed by atoms with E-state index in [-0.39, 0.29) is 11.9 Å². The van der Waals surface area contributed by atoms with Crippen molar-refractivity contribution in [1.82, 2.24) is 20.8 Å². The average molecular weight is 244 g/mol. The van der Waals surface area contributed by atoms with Crippen molar-refractivity contribution in [3.05, 3.63) is 30.0 Å². The molecular formula is C13H16N4O. The van der Waals surface area contributed by atoms with Crippen LogP contribution in [0.15, 0.2) is 24.4 Å². The number of nitrogens with one attached hydrogen (secondary N) is 3. The highest BCUT2D eigenvalue weighted by Gasteiger charge is 2.24. The second-order valence-electron chi connectivity index (χ2n) is 4.89. The van der Waals surface area contributed by atoms with Crippen molar-refractivity contribution in [1.29, 1.82) is 0 Å². The lowest BCUT2D eigenvalue weighted by atomic mass is 10.1. The Kier molecular flexibility index (Phi) is 2.76. The van der Waals surface area contributed by atoms with Gasteiger partial charge in [-0.05, 0) is 24.6 Å². The van der Waals surface area contributed by atoms with Gasteiger partial charge in [0.2, 0.25) is 0 Å². The van der Waals surface area contributed by atoms with Gasteiger partial charge in [-0.2, -0.15) is 5.10 Å². The fourth-order valence-corrected chi connectivity index (χ4v) is 2.33. The number of hydrogen-bond donors (Lipinski definition) is 3. The Labute approximate surface area is 105 Å². The molecule has 2 unspecified atom stereocenters. The monoisotopic (exact) mass is 244 g/mol. The Hall–Kier alpha value is -1.88. The molecule has 2 atom stereocenters. The van der Waals surface area contributed by atoms with Crippen LogP contribution < -0.4 is 10.6 Å². The fourth-order valence-electron chi connectivity index (χ4n) is 2.33. The van der Waals surface area contributed by atoms with Crippen molar-refractivity contribution in [3.8, 4) is 0 Å². The highest BCUT2D eigenvalue weighted by atomic mass is 16.1. The van der Waals surface area contributed by atoms with Gasteiger partial charge in [0.15, 0.2) is 0 Å². The van der Waals surface area contributed by atoms with E-state index in [9.17, 15) is 4.79 Å². The molecule has 0 spiro atoms. The Morgan fingerprint density at radius 1 is 1.44 bits per heavy atom. The SMILES string of the molecule is CC1CNCC1NC(=O)c1ccc2cn[nH]c2c1. The van der Waals surface area contributed by atoms with E-state index in [4.69, 9.17) is 0 Å². The number of aromatic amines is 1. The van der Waals surface area contributed by atoms with Crippen molar-refractivity contribution in [2.24, 2.45) is 5.92 Å². The van der Waals surface area contributed by atoms with Crippen LogP contribution in [0.25, 0.3) is 10.9 Å². The molecule has 0 radical (unpaired) electrons. The molecule has 94 valence electrons. The first-order valence-electron chi connectivity index (χ1n) is 6.19. The summed E-state index contributed by atoms with van der Waals surface area (Å²) in [5.41, 5.74) is 1.56. The van der Waals surface area contributed by atoms with Crippen LogP contribution >= 0.6 is 0 Å². The molecule has 1 aromatic heterocycles. The van der Waals surface area contributed by atoms with E-state index in [2.05, 4.69) is 27.8 Å². The number of benzene rings is 1. The van der Waals surface area contributed by atoms with Gasteiger partial charge < -0.3 is 10.6 Å². The second-order valence-corrected chi connectivity index (χ2v) is 4.89. The highest BCUT2D eigenvalue weighted by molar-refractivity contribution is 5.97. The number of fused-ring (bicyclic) bond motifs is 1. The van der Waals surface area contributed by atoms with Crippen molar-refractivity contribution in [2.45, 2.75) is 13.0 Å². The fraction of sp³-hybridized carbons (Fsp3) is 0.385. The van der Waals surface area contributed by atoms with Gasteiger partial charge in [0, 0.05) is 23.5 Å². The molecule has 5 nitrogen and oxygen atoms in total. The van der Waals surface area contributed by atoms with E-state index in [0.29, 0.717) is 11.5 Å². The quantitative estimate of drug-likeness (QED) is 0.735. The van der Waals surface area contributed by atoms with E-state index in [1.807, 2.05) is 18.2 Å². The molecular weight excluding hydrogens is 228 g/mol. The van der Waals surface area contributed by atoms with Gasteiger partial charge in [-0.1, -0.05) is 13.0 Å². The maximum absolute atomic E-state index is 12.1. The van der Waals surface area contributed by atoms with Gasteiger partial charge in [-0.25, -0.2) is 0 Å². The minimum Gasteiger partial charge on any atom is -0.348 e. The molecule has 1 aliphatic heterocycles. The molecule has 0 aliphatic carbocycles. The second kappa shape index (κ2) is 4.42. The lowest BCUT2D eigenvalue weighted by Crippen LogP contribution is -2.39. The van der Waals surface area contributed by atoms with Crippen molar-refractivity contribution >= 4 is 16.8 Å². The maximum atomic E-state index is 12.1. The standard InChI is InChI=1S/C13H16N4O/c1-8-5-14-7-12(8)16-13(18)9-2-3-10-6-15-17-11(10)4-9/h2-4,6,8,12,14H,5,7H2,1H3,(H,15,17)(H,16,18). The average Bonchev–Trinajstić information content (AvgIpc) is 2.98. The van der Waals surface area contributed by atoms with Crippen LogP contribution in [0.5, 0.6) is 0 Å². The minimum atomic E-state index is -0.0212. The number of carbonyl (C=O) groups is 1. The largest absolute Gasteiger partial charge is 0.348 e. The van der Waals surface area contributed by atoms with E-state index >= 15 is 0 Å². The summed E-state index contributed by atoms with van der Waals surface area (Å²) in [6.45, 7) is 3.95. The third-order valence-corrected chi connectivity index (χ3v) is 3.54. The predicted molar refractivity (Wildman–Crippen MR) is 69.4 cm³/mol. The lowest BCUT2D eigenvalue weighted by Gasteiger charge is -2.16. The van der Waals surface area contributed by atoms with Crippen LogP contribution in [0.2, 0.25) is 0 Å². The normalized spacial score (nSPS) is 23.4. The zero-order chi connectivity index (χ0) is 12.5. The van der Waals surface area contributed by atoms with Crippen LogP contribution in [0.1, 0.15) is 17.3 Å². The zero-order valence-electron chi connectivity index (χ0n) is 10.2. The number of nitrogens with zero attached hydrogens (tertiary/aromatic N) is 1. The lowest BCUT2D eigenvalue weighted by molar-refractivity contribution is 0.0933. The summed E-state index contributed by atoms with van der Waals surface area (Å²) in [6.07, 6.45) is 1.75. The van der Waals surface area contributed by atoms with Crippen LogP contribution in [0.3, 0.4) is 0 Å². The van der Waals surface area contributed by atoms with Gasteiger partial charge in [-0.15, -0.1) is 0 Å². The highest BCUT2D eigenvalue weighted by Crippen LogP contribution is 2.14. The van der Waals surface area contributed by atoms with E-state index in [0.717, 1.165) is 24.0 Å². The van der Waals surface area contributed by atoms with Crippen molar-refractivity contribution in [2.75, 3.05) is 13.1 Å². The number of hydrogen-bond acceptors (Lipinski definition) is 3. The van der Waals surface area contributed by atoms with Gasteiger partial charge in [0.25, 0.3) is 5.91 Å². The molecule has 2 heterocycles. The first kappa shape index (κ1) is 11.2. The summed E-state index contributed by atoms with van der Waals surface area (Å²) in [5.74, 6) is 0.455. The number of rotatable bonds is 2. The van der Waals surface area contributed by atoms with Gasteiger partial charge in [-0.3, -0.25) is 9.89 Å². The summed E-state index contributed by atoms with van der Waals surface area (Å²) < 4.78 is 0. The molecule has 18 heavy (non-hydrogen) atoms.